The molecule has 1 heterocycles. The lowest BCUT2D eigenvalue weighted by atomic mass is 9.97. The van der Waals surface area contributed by atoms with Crippen LogP contribution in [0, 0.1) is 5.92 Å². The first-order valence-electron chi connectivity index (χ1n) is 7.20. The summed E-state index contributed by atoms with van der Waals surface area (Å²) in [6.45, 7) is 7.11. The molecule has 108 valence electrons. The van der Waals surface area contributed by atoms with Crippen molar-refractivity contribution >= 4 is 12.4 Å². The summed E-state index contributed by atoms with van der Waals surface area (Å²) < 4.78 is 0. The molecular formula is C16H27ClN2. The molecule has 1 aliphatic heterocycles. The summed E-state index contributed by atoms with van der Waals surface area (Å²) in [4.78, 5) is 2.50. The van der Waals surface area contributed by atoms with Gasteiger partial charge in [0, 0.05) is 13.1 Å². The third-order valence-corrected chi connectivity index (χ3v) is 3.92. The molecule has 1 aliphatic rings. The van der Waals surface area contributed by atoms with E-state index in [4.69, 9.17) is 0 Å². The van der Waals surface area contributed by atoms with Gasteiger partial charge in [0.1, 0.15) is 0 Å². The number of benzene rings is 1. The Morgan fingerprint density at radius 2 is 2.05 bits per heavy atom. The third-order valence-electron chi connectivity index (χ3n) is 3.92. The van der Waals surface area contributed by atoms with Crippen LogP contribution in [0.5, 0.6) is 0 Å². The predicted octanol–water partition coefficient (Wildman–Crippen LogP) is 3.14. The molecule has 0 bridgehead atoms. The van der Waals surface area contributed by atoms with Crippen molar-refractivity contribution in [2.45, 2.75) is 25.7 Å². The summed E-state index contributed by atoms with van der Waals surface area (Å²) in [5.74, 6) is 1.46. The van der Waals surface area contributed by atoms with Crippen LogP contribution in [0.1, 0.15) is 31.2 Å². The van der Waals surface area contributed by atoms with E-state index in [9.17, 15) is 0 Å². The van der Waals surface area contributed by atoms with Gasteiger partial charge < -0.3 is 10.2 Å². The van der Waals surface area contributed by atoms with Crippen LogP contribution in [0.25, 0.3) is 0 Å². The number of hydrogen-bond acceptors (Lipinski definition) is 2. The van der Waals surface area contributed by atoms with E-state index in [-0.39, 0.29) is 12.4 Å². The van der Waals surface area contributed by atoms with E-state index < -0.39 is 0 Å². The van der Waals surface area contributed by atoms with Crippen LogP contribution in [-0.2, 0) is 0 Å². The Kier molecular flexibility index (Phi) is 7.44. The molecule has 0 saturated carbocycles. The number of halogens is 1. The Morgan fingerprint density at radius 1 is 1.32 bits per heavy atom. The Hall–Kier alpha value is -0.570. The number of nitrogens with one attached hydrogen (secondary N) is 1. The van der Waals surface area contributed by atoms with Crippen molar-refractivity contribution in [1.29, 1.82) is 0 Å². The average Bonchev–Trinajstić information content (AvgIpc) is 2.40. The summed E-state index contributed by atoms with van der Waals surface area (Å²) in [5, 5.41) is 3.50. The normalized spacial score (nSPS) is 20.9. The molecule has 1 aromatic rings. The fraction of sp³-hybridized carbons (Fsp3) is 0.625. The minimum Gasteiger partial charge on any atom is -0.316 e. The second-order valence-electron chi connectivity index (χ2n) is 5.75. The second kappa shape index (κ2) is 8.57. The van der Waals surface area contributed by atoms with E-state index in [1.54, 1.807) is 0 Å². The highest BCUT2D eigenvalue weighted by atomic mass is 35.5. The standard InChI is InChI=1S/C16H26N2.ClH/c1-14(16-8-4-3-5-9-16)12-18(2)13-15-7-6-10-17-11-15;/h3-5,8-9,14-15,17H,6-7,10-13H2,1-2H3;1H. The molecule has 2 atom stereocenters. The zero-order chi connectivity index (χ0) is 12.8. The molecule has 0 radical (unpaired) electrons. The van der Waals surface area contributed by atoms with Crippen molar-refractivity contribution in [2.24, 2.45) is 5.92 Å². The van der Waals surface area contributed by atoms with Gasteiger partial charge in [-0.15, -0.1) is 12.4 Å². The zero-order valence-corrected chi connectivity index (χ0v) is 13.0. The molecule has 1 fully saturated rings. The highest BCUT2D eigenvalue weighted by molar-refractivity contribution is 5.85. The lowest BCUT2D eigenvalue weighted by molar-refractivity contribution is 0.235. The molecule has 1 aromatic carbocycles. The highest BCUT2D eigenvalue weighted by Gasteiger charge is 2.16. The van der Waals surface area contributed by atoms with Crippen molar-refractivity contribution in [2.75, 3.05) is 33.2 Å². The highest BCUT2D eigenvalue weighted by Crippen LogP contribution is 2.17. The number of nitrogens with zero attached hydrogens (tertiary/aromatic N) is 1. The van der Waals surface area contributed by atoms with Gasteiger partial charge in [-0.3, -0.25) is 0 Å². The summed E-state index contributed by atoms with van der Waals surface area (Å²) >= 11 is 0. The van der Waals surface area contributed by atoms with Crippen molar-refractivity contribution in [3.05, 3.63) is 35.9 Å². The molecule has 0 spiro atoms. The maximum atomic E-state index is 3.50. The van der Waals surface area contributed by atoms with Gasteiger partial charge in [-0.2, -0.15) is 0 Å². The van der Waals surface area contributed by atoms with E-state index in [2.05, 4.69) is 54.5 Å². The topological polar surface area (TPSA) is 15.3 Å². The molecule has 1 saturated heterocycles. The third kappa shape index (κ3) is 5.52. The van der Waals surface area contributed by atoms with Gasteiger partial charge in [-0.1, -0.05) is 37.3 Å². The average molecular weight is 283 g/mol. The molecule has 0 aliphatic carbocycles. The molecule has 0 amide bonds. The lowest BCUT2D eigenvalue weighted by Gasteiger charge is -2.29. The SMILES string of the molecule is CC(CN(C)CC1CCCNC1)c1ccccc1.Cl. The van der Waals surface area contributed by atoms with Crippen LogP contribution in [0.15, 0.2) is 30.3 Å². The molecule has 2 rings (SSSR count). The summed E-state index contributed by atoms with van der Waals surface area (Å²) in [6, 6.07) is 10.8. The van der Waals surface area contributed by atoms with Gasteiger partial charge >= 0.3 is 0 Å². The molecular weight excluding hydrogens is 256 g/mol. The maximum absolute atomic E-state index is 3.50. The molecule has 0 aromatic heterocycles. The van der Waals surface area contributed by atoms with Crippen molar-refractivity contribution in [3.63, 3.8) is 0 Å². The first-order chi connectivity index (χ1) is 8.75. The van der Waals surface area contributed by atoms with Gasteiger partial charge in [0.15, 0.2) is 0 Å². The number of hydrogen-bond donors (Lipinski definition) is 1. The van der Waals surface area contributed by atoms with Gasteiger partial charge in [0.05, 0.1) is 0 Å². The van der Waals surface area contributed by atoms with Crippen molar-refractivity contribution < 1.29 is 0 Å². The Bertz CT molecular complexity index is 336. The van der Waals surface area contributed by atoms with Gasteiger partial charge in [-0.25, -0.2) is 0 Å². The van der Waals surface area contributed by atoms with Crippen LogP contribution in [0.3, 0.4) is 0 Å². The zero-order valence-electron chi connectivity index (χ0n) is 12.1. The van der Waals surface area contributed by atoms with E-state index in [0.29, 0.717) is 5.92 Å². The summed E-state index contributed by atoms with van der Waals surface area (Å²) in [5.41, 5.74) is 1.45. The number of rotatable bonds is 5. The summed E-state index contributed by atoms with van der Waals surface area (Å²) in [7, 11) is 2.26. The Balaban J connectivity index is 0.00000180. The van der Waals surface area contributed by atoms with Gasteiger partial charge in [0.25, 0.3) is 0 Å². The first kappa shape index (κ1) is 16.5. The Morgan fingerprint density at radius 3 is 2.68 bits per heavy atom. The van der Waals surface area contributed by atoms with Crippen LogP contribution in [-0.4, -0.2) is 38.1 Å². The van der Waals surface area contributed by atoms with E-state index in [0.717, 1.165) is 12.5 Å². The van der Waals surface area contributed by atoms with Crippen LogP contribution >= 0.6 is 12.4 Å². The van der Waals surface area contributed by atoms with E-state index in [1.807, 2.05) is 0 Å². The number of piperidine rings is 1. The largest absolute Gasteiger partial charge is 0.316 e. The van der Waals surface area contributed by atoms with Gasteiger partial charge in [-0.05, 0) is 50.4 Å². The fourth-order valence-electron chi connectivity index (χ4n) is 2.95. The van der Waals surface area contributed by atoms with Crippen molar-refractivity contribution in [3.8, 4) is 0 Å². The monoisotopic (exact) mass is 282 g/mol. The Labute approximate surface area is 124 Å². The minimum atomic E-state index is 0. The van der Waals surface area contributed by atoms with Crippen LogP contribution < -0.4 is 5.32 Å². The van der Waals surface area contributed by atoms with Crippen LogP contribution in [0.2, 0.25) is 0 Å². The van der Waals surface area contributed by atoms with Gasteiger partial charge in [0.2, 0.25) is 0 Å². The molecule has 1 N–H and O–H groups in total. The molecule has 2 nitrogen and oxygen atoms in total. The lowest BCUT2D eigenvalue weighted by Crippen LogP contribution is -2.37. The fourth-order valence-corrected chi connectivity index (χ4v) is 2.95. The van der Waals surface area contributed by atoms with Crippen LogP contribution in [0.4, 0.5) is 0 Å². The molecule has 3 heteroatoms. The van der Waals surface area contributed by atoms with E-state index in [1.165, 1.54) is 38.0 Å². The van der Waals surface area contributed by atoms with Crippen molar-refractivity contribution in [1.82, 2.24) is 10.2 Å². The first-order valence-corrected chi connectivity index (χ1v) is 7.20. The minimum absolute atomic E-state index is 0. The predicted molar refractivity (Wildman–Crippen MR) is 85.2 cm³/mol. The smallest absolute Gasteiger partial charge is 0.00447 e. The number of likely N-dealkylation sites (N-methyl/N-ethyl adjacent to an activating group) is 1. The maximum Gasteiger partial charge on any atom is 0.00447 e. The second-order valence-corrected chi connectivity index (χ2v) is 5.75. The molecule has 2 unspecified atom stereocenters. The molecule has 19 heavy (non-hydrogen) atoms. The summed E-state index contributed by atoms with van der Waals surface area (Å²) in [6.07, 6.45) is 2.73. The quantitative estimate of drug-likeness (QED) is 0.893. The van der Waals surface area contributed by atoms with E-state index >= 15 is 0 Å².